The number of amides is 8. The first-order valence-corrected chi connectivity index (χ1v) is 45.1. The van der Waals surface area contributed by atoms with Crippen LogP contribution in [0.4, 0.5) is 42.9 Å². The maximum atomic E-state index is 13.3. The van der Waals surface area contributed by atoms with Crippen LogP contribution in [0.1, 0.15) is 155 Å². The fourth-order valence-corrected chi connectivity index (χ4v) is 18.6. The van der Waals surface area contributed by atoms with Crippen molar-refractivity contribution in [2.75, 3.05) is 31.9 Å². The van der Waals surface area contributed by atoms with Crippen LogP contribution in [-0.2, 0) is 62.4 Å². The highest BCUT2D eigenvalue weighted by molar-refractivity contribution is 6.43. The SMILES string of the molecule is NC(=O)c1ccc(C(=O)C[C@@]2(O)C(=O)Nc3c(Cl)ccc(Cl)c32)cc1.NC(=O)c1ccc(C(=O)C[C@]2(O)C(=O)Nc3c(Cl)ccc(Cl)c32)cc1.O=C(C[C@@]1(O)C(=O)Nc2c(Cl)ccc(Cl)c21)c1ccccn1.O=C(C[C@@]1(O)C(=O)Nc2c(Cl)ccc(Cl)c21)c1cccnc1.O=C(C[C@]1(O)C(=O)Nc2c(Cl)ccc(Cl)c21)c1ccc(F)c(F)c1.O=C(C[C@]1(O)C(=O)Nc2c(Cl)ccc(Cl)c21)c1ccc(O)cc1. The molecule has 17 N–H and O–H groups in total. The predicted octanol–water partition coefficient (Wildman–Crippen LogP) is 17.4. The second-order valence-electron chi connectivity index (χ2n) is 31.7. The first-order valence-electron chi connectivity index (χ1n) is 40.6. The lowest BCUT2D eigenvalue weighted by atomic mass is 9.88. The van der Waals surface area contributed by atoms with Crippen LogP contribution in [0.5, 0.6) is 5.75 Å². The second-order valence-corrected chi connectivity index (χ2v) is 36.6. The summed E-state index contributed by atoms with van der Waals surface area (Å²) in [5, 5.41) is 90.7. The van der Waals surface area contributed by atoms with E-state index in [9.17, 15) is 112 Å². The van der Waals surface area contributed by atoms with Crippen molar-refractivity contribution in [3.8, 4) is 5.75 Å². The van der Waals surface area contributed by atoms with Crippen LogP contribution in [0.2, 0.25) is 60.3 Å². The van der Waals surface area contributed by atoms with Gasteiger partial charge in [-0.15, -0.1) is 0 Å². The van der Waals surface area contributed by atoms with Gasteiger partial charge in [0.15, 0.2) is 79.9 Å². The van der Waals surface area contributed by atoms with E-state index in [-0.39, 0.29) is 173 Å². The van der Waals surface area contributed by atoms with Crippen LogP contribution in [-0.4, -0.2) is 128 Å². The number of aromatic hydroxyl groups is 1. The fourth-order valence-electron chi connectivity index (χ4n) is 15.5. The zero-order chi connectivity index (χ0) is 103. The fraction of sp³-hybridized carbons (Fsp3) is 0.125. The van der Waals surface area contributed by atoms with Gasteiger partial charge in [0, 0.05) is 121 Å². The Bertz CT molecular complexity index is 7010. The average Bonchev–Trinajstić information content (AvgIpc) is 1.62. The number of hydrogen-bond donors (Lipinski definition) is 15. The second kappa shape index (κ2) is 42.2. The third kappa shape index (κ3) is 21.3. The molecule has 31 nitrogen and oxygen atoms in total. The van der Waals surface area contributed by atoms with E-state index >= 15 is 0 Å². The van der Waals surface area contributed by atoms with E-state index in [1.165, 1.54) is 170 Å². The summed E-state index contributed by atoms with van der Waals surface area (Å²) >= 11 is 72.5. The summed E-state index contributed by atoms with van der Waals surface area (Å²) in [5.41, 5.74) is 0.741. The van der Waals surface area contributed by atoms with Crippen LogP contribution >= 0.6 is 139 Å². The molecule has 0 bridgehead atoms. The maximum absolute atomic E-state index is 13.3. The Balaban J connectivity index is 0.000000142. The van der Waals surface area contributed by atoms with Crippen molar-refractivity contribution in [3.05, 3.63) is 363 Å². The zero-order valence-corrected chi connectivity index (χ0v) is 80.2. The molecule has 18 rings (SSSR count). The molecule has 0 saturated heterocycles. The topological polar surface area (TPSA) is 531 Å². The van der Waals surface area contributed by atoms with E-state index in [0.717, 1.165) is 12.1 Å². The molecule has 45 heteroatoms. The number of aromatic nitrogens is 2. The van der Waals surface area contributed by atoms with Gasteiger partial charge in [-0.2, -0.15) is 0 Å². The number of nitrogens with one attached hydrogen (secondary N) is 6. The van der Waals surface area contributed by atoms with Crippen LogP contribution < -0.4 is 43.4 Å². The number of nitrogens with zero attached hydrogens (tertiary/aromatic N) is 2. The molecule has 0 aliphatic carbocycles. The Hall–Kier alpha value is -12.8. The monoisotopic (exact) mass is 2150 g/mol. The lowest BCUT2D eigenvalue weighted by Crippen LogP contribution is -2.36. The molecule has 8 amide bonds. The summed E-state index contributed by atoms with van der Waals surface area (Å²) < 4.78 is 26.2. The smallest absolute Gasteiger partial charge is 0.261 e. The molecule has 8 heterocycles. The van der Waals surface area contributed by atoms with E-state index in [4.69, 9.17) is 151 Å². The van der Waals surface area contributed by atoms with Gasteiger partial charge in [-0.05, 0) is 164 Å². The van der Waals surface area contributed by atoms with Gasteiger partial charge in [-0.3, -0.25) is 77.1 Å². The van der Waals surface area contributed by atoms with Gasteiger partial charge in [0.05, 0.1) is 103 Å². The molecule has 6 aliphatic heterocycles. The van der Waals surface area contributed by atoms with Gasteiger partial charge in [0.1, 0.15) is 11.4 Å². The number of hydrogen-bond acceptors (Lipinski definition) is 23. The molecule has 141 heavy (non-hydrogen) atoms. The molecule has 0 radical (unpaired) electrons. The van der Waals surface area contributed by atoms with E-state index < -0.39 is 166 Å². The lowest BCUT2D eigenvalue weighted by molar-refractivity contribution is -0.133. The molecule has 722 valence electrons. The van der Waals surface area contributed by atoms with Crippen molar-refractivity contribution < 1.29 is 112 Å². The standard InChI is InChI=1S/2C17H12Cl2N2O4.C16H9Cl2F2NO3.C16H11Cl2NO4.2C15H10Cl2N2O3/c2*18-10-5-6-11(19)14-13(10)17(25,16(24)21-14)7-12(22)8-1-3-9(4-2-8)15(20)23;17-8-2-3-9(18)14-13(8)16(24,15(23)21-14)6-12(22)7-1-4-10(19)11(20)5-7;17-10-5-6-11(18)14-13(10)16(23,15(22)19-14)7-12(21)8-1-3-9(20)4-2-8;16-9-3-4-10(17)13-12(9)15(22,14(21)19-13)6-11(20)8-2-1-5-18-7-8;16-8-4-5-9(17)13-12(8)15(22,14(21)19-13)7-11(20)10-3-1-2-6-18-10/h2*1-6,25H,7H2,(H2,20,23)(H,21,24);1-5,24H,6H2,(H,21,23);1-6,20,23H,7H2,(H,19,22);1-5,7,22H,6H2,(H,19,21);1-6,22H,7H2,(H,19,21)/t2*17-;2*16-;2*15-/m101100/s1. The van der Waals surface area contributed by atoms with Crippen molar-refractivity contribution in [3.63, 3.8) is 0 Å². The van der Waals surface area contributed by atoms with Crippen molar-refractivity contribution in [1.82, 2.24) is 9.97 Å². The Morgan fingerprint density at radius 2 is 0.518 bits per heavy atom. The number of nitrogens with two attached hydrogens (primary N) is 2. The van der Waals surface area contributed by atoms with Crippen molar-refractivity contribution in [2.45, 2.75) is 72.1 Å². The van der Waals surface area contributed by atoms with E-state index in [2.05, 4.69) is 41.9 Å². The number of aliphatic hydroxyl groups is 6. The number of ketones is 6. The minimum Gasteiger partial charge on any atom is -0.508 e. The summed E-state index contributed by atoms with van der Waals surface area (Å²) in [4.78, 5) is 177. The van der Waals surface area contributed by atoms with E-state index in [0.29, 0.717) is 11.6 Å². The molecule has 0 unspecified atom stereocenters. The maximum Gasteiger partial charge on any atom is 0.261 e. The normalized spacial score (nSPS) is 19.1. The van der Waals surface area contributed by atoms with Gasteiger partial charge in [-0.25, -0.2) is 8.78 Å². The molecule has 6 aliphatic rings. The number of phenolic OH excluding ortho intramolecular Hbond substituents is 1. The number of fused-ring (bicyclic) bond motifs is 6. The molecule has 10 aromatic carbocycles. The Kier molecular flexibility index (Phi) is 31.5. The molecule has 6 atom stereocenters. The number of carbonyl (C=O) groups excluding carboxylic acids is 14. The first-order chi connectivity index (χ1) is 66.4. The van der Waals surface area contributed by atoms with Crippen LogP contribution in [0.25, 0.3) is 0 Å². The number of halogens is 14. The summed E-state index contributed by atoms with van der Waals surface area (Å²) in [6.45, 7) is 0. The number of Topliss-reactive ketones (excluding diaryl/α,β-unsaturated/α-hetero) is 6. The van der Waals surface area contributed by atoms with Gasteiger partial charge in [-0.1, -0.05) is 170 Å². The van der Waals surface area contributed by atoms with E-state index in [1.54, 1.807) is 24.3 Å². The molecular formula is C96H64Cl12F2N10O21. The quantitative estimate of drug-likeness (QED) is 0.0315. The highest BCUT2D eigenvalue weighted by Gasteiger charge is 2.55. The van der Waals surface area contributed by atoms with Gasteiger partial charge < -0.3 is 79.1 Å². The van der Waals surface area contributed by atoms with E-state index in [1.807, 2.05) is 0 Å². The molecule has 2 aromatic heterocycles. The van der Waals surface area contributed by atoms with Gasteiger partial charge >= 0.3 is 0 Å². The lowest BCUT2D eigenvalue weighted by Gasteiger charge is -2.21. The van der Waals surface area contributed by atoms with Gasteiger partial charge in [0.25, 0.3) is 35.4 Å². The van der Waals surface area contributed by atoms with Crippen molar-refractivity contribution in [1.29, 1.82) is 0 Å². The highest BCUT2D eigenvalue weighted by Crippen LogP contribution is 2.54. The minimum atomic E-state index is -2.25. The summed E-state index contributed by atoms with van der Waals surface area (Å²) in [6, 6.07) is 44.9. The Morgan fingerprint density at radius 1 is 0.277 bits per heavy atom. The van der Waals surface area contributed by atoms with Crippen LogP contribution in [0.15, 0.2) is 213 Å². The zero-order valence-electron chi connectivity index (χ0n) is 71.1. The molecule has 0 saturated carbocycles. The largest absolute Gasteiger partial charge is 0.508 e. The number of primary amides is 2. The number of rotatable bonds is 20. The highest BCUT2D eigenvalue weighted by atomic mass is 35.5. The molecule has 0 spiro atoms. The summed E-state index contributed by atoms with van der Waals surface area (Å²) in [6.07, 6.45) is 1.21. The number of phenols is 1. The van der Waals surface area contributed by atoms with Crippen molar-refractivity contribution >= 4 is 255 Å². The average molecular weight is 2160 g/mol. The number of carbonyl (C=O) groups is 14. The van der Waals surface area contributed by atoms with Crippen LogP contribution in [0, 0.1) is 11.6 Å². The predicted molar refractivity (Wildman–Crippen MR) is 520 cm³/mol. The number of anilines is 6. The summed E-state index contributed by atoms with van der Waals surface area (Å²) in [7, 11) is 0. The van der Waals surface area contributed by atoms with Crippen molar-refractivity contribution in [2.24, 2.45) is 11.5 Å². The molecule has 12 aromatic rings. The minimum absolute atomic E-state index is 0.0130. The van der Waals surface area contributed by atoms with Gasteiger partial charge in [0.2, 0.25) is 11.8 Å². The number of benzene rings is 10. The third-order valence-corrected chi connectivity index (χ3v) is 26.4. The third-order valence-electron chi connectivity index (χ3n) is 22.6. The molecular weight excluding hydrogens is 2090 g/mol. The Morgan fingerprint density at radius 3 is 0.766 bits per heavy atom. The summed E-state index contributed by atoms with van der Waals surface area (Å²) in [5.74, 6) is -11.3. The van der Waals surface area contributed by atoms with Crippen LogP contribution in [0.3, 0.4) is 0 Å². The first kappa shape index (κ1) is 106. The molecule has 0 fully saturated rings. The number of pyridine rings is 2. The Labute approximate surface area is 854 Å².